The number of hydrogen-bond acceptors (Lipinski definition) is 6. The smallest absolute Gasteiger partial charge is 0.308 e. The van der Waals surface area contributed by atoms with E-state index >= 15 is 0 Å². The number of rotatable bonds is 5. The van der Waals surface area contributed by atoms with Gasteiger partial charge in [-0.05, 0) is 39.5 Å². The van der Waals surface area contributed by atoms with Crippen molar-refractivity contribution in [1.29, 1.82) is 0 Å². The number of nitro benzene ring substituents is 1. The van der Waals surface area contributed by atoms with Crippen molar-refractivity contribution in [3.63, 3.8) is 0 Å². The summed E-state index contributed by atoms with van der Waals surface area (Å²) in [6, 6.07) is 0. The average molecular weight is 391 g/mol. The van der Waals surface area contributed by atoms with Crippen LogP contribution in [0.25, 0.3) is 0 Å². The van der Waals surface area contributed by atoms with E-state index in [-0.39, 0.29) is 29.1 Å². The summed E-state index contributed by atoms with van der Waals surface area (Å²) >= 11 is 0. The fourth-order valence-corrected chi connectivity index (χ4v) is 4.49. The van der Waals surface area contributed by atoms with E-state index in [1.807, 2.05) is 27.7 Å². The van der Waals surface area contributed by atoms with Crippen LogP contribution in [-0.2, 0) is 22.4 Å². The van der Waals surface area contributed by atoms with E-state index in [1.54, 1.807) is 6.92 Å². The number of aliphatic hydroxyl groups is 1. The molecular formula is C21H29NO6. The molecule has 7 nitrogen and oxygen atoms in total. The summed E-state index contributed by atoms with van der Waals surface area (Å²) in [7, 11) is 0. The second-order valence-corrected chi connectivity index (χ2v) is 8.87. The van der Waals surface area contributed by atoms with E-state index < -0.39 is 17.7 Å². The van der Waals surface area contributed by atoms with Gasteiger partial charge in [-0.25, -0.2) is 0 Å². The largest absolute Gasteiger partial charge is 0.487 e. The maximum atomic E-state index is 11.9. The first kappa shape index (κ1) is 20.6. The number of ether oxygens (including phenoxy) is 2. The van der Waals surface area contributed by atoms with Gasteiger partial charge in [0.2, 0.25) is 0 Å². The molecule has 0 aliphatic carbocycles. The van der Waals surface area contributed by atoms with E-state index in [1.165, 1.54) is 0 Å². The molecule has 2 heterocycles. The number of hydrogen-bond donors (Lipinski definition) is 1. The van der Waals surface area contributed by atoms with Crippen LogP contribution >= 0.6 is 0 Å². The van der Waals surface area contributed by atoms with Gasteiger partial charge in [0.1, 0.15) is 17.5 Å². The fraction of sp³-hybridized carbons (Fsp3) is 0.667. The van der Waals surface area contributed by atoms with Crippen molar-refractivity contribution in [3.05, 3.63) is 32.4 Å². The minimum atomic E-state index is -0.691. The third-order valence-corrected chi connectivity index (χ3v) is 5.63. The molecule has 0 radical (unpaired) electrons. The standard InChI is InChI=1S/C21H29NO6/c1-11(2)18-15(7-6-14-8-13(23)9-17(24)27-14)20-16(10-21(4,5)28-20)12(3)19(18)22(25)26/h11,13-14,23H,6-10H2,1-5H3/t13-,14-/m1/s1. The monoisotopic (exact) mass is 391 g/mol. The zero-order valence-electron chi connectivity index (χ0n) is 17.2. The van der Waals surface area contributed by atoms with Crippen molar-refractivity contribution in [2.24, 2.45) is 0 Å². The lowest BCUT2D eigenvalue weighted by molar-refractivity contribution is -0.386. The topological polar surface area (TPSA) is 98.9 Å². The van der Waals surface area contributed by atoms with E-state index in [9.17, 15) is 20.0 Å². The van der Waals surface area contributed by atoms with Gasteiger partial charge in [0.05, 0.1) is 17.4 Å². The number of esters is 1. The molecule has 1 N–H and O–H groups in total. The van der Waals surface area contributed by atoms with E-state index in [2.05, 4.69) is 0 Å². The quantitative estimate of drug-likeness (QED) is 0.466. The van der Waals surface area contributed by atoms with Crippen molar-refractivity contribution in [1.82, 2.24) is 0 Å². The third-order valence-electron chi connectivity index (χ3n) is 5.63. The van der Waals surface area contributed by atoms with Crippen LogP contribution in [0.2, 0.25) is 0 Å². The number of nitrogens with zero attached hydrogens (tertiary/aromatic N) is 1. The number of benzene rings is 1. The predicted octanol–water partition coefficient (Wildman–Crippen LogP) is 3.74. The molecule has 1 fully saturated rings. The second kappa shape index (κ2) is 7.35. The van der Waals surface area contributed by atoms with Crippen LogP contribution in [0, 0.1) is 17.0 Å². The number of cyclic esters (lactones) is 1. The molecule has 0 aromatic heterocycles. The molecule has 2 aliphatic heterocycles. The van der Waals surface area contributed by atoms with Gasteiger partial charge >= 0.3 is 5.97 Å². The van der Waals surface area contributed by atoms with Crippen LogP contribution in [0.5, 0.6) is 5.75 Å². The zero-order valence-corrected chi connectivity index (χ0v) is 17.2. The van der Waals surface area contributed by atoms with Crippen LogP contribution in [-0.4, -0.2) is 33.8 Å². The molecule has 28 heavy (non-hydrogen) atoms. The van der Waals surface area contributed by atoms with Gasteiger partial charge < -0.3 is 14.6 Å². The van der Waals surface area contributed by atoms with Gasteiger partial charge in [-0.3, -0.25) is 14.9 Å². The molecule has 7 heteroatoms. The van der Waals surface area contributed by atoms with Gasteiger partial charge in [-0.2, -0.15) is 0 Å². The van der Waals surface area contributed by atoms with Crippen molar-refractivity contribution >= 4 is 11.7 Å². The Bertz CT molecular complexity index is 814. The summed E-state index contributed by atoms with van der Waals surface area (Å²) in [6.07, 6.45) is 0.960. The first-order valence-electron chi connectivity index (χ1n) is 9.89. The van der Waals surface area contributed by atoms with Crippen molar-refractivity contribution in [2.45, 2.75) is 90.4 Å². The fourth-order valence-electron chi connectivity index (χ4n) is 4.49. The molecular weight excluding hydrogens is 362 g/mol. The average Bonchev–Trinajstić information content (AvgIpc) is 2.88. The van der Waals surface area contributed by atoms with Crippen LogP contribution in [0.4, 0.5) is 5.69 Å². The molecule has 0 bridgehead atoms. The molecule has 3 rings (SSSR count). The Balaban J connectivity index is 2.04. The van der Waals surface area contributed by atoms with E-state index in [0.29, 0.717) is 36.8 Å². The zero-order chi connectivity index (χ0) is 20.8. The first-order chi connectivity index (χ1) is 13.0. The molecule has 2 aliphatic rings. The van der Waals surface area contributed by atoms with Crippen molar-refractivity contribution in [3.8, 4) is 5.75 Å². The maximum absolute atomic E-state index is 11.9. The van der Waals surface area contributed by atoms with Gasteiger partial charge in [-0.15, -0.1) is 0 Å². The molecule has 0 saturated carbocycles. The van der Waals surface area contributed by atoms with E-state index in [4.69, 9.17) is 9.47 Å². The lowest BCUT2D eigenvalue weighted by Gasteiger charge is -2.27. The Morgan fingerprint density at radius 2 is 2.04 bits per heavy atom. The summed E-state index contributed by atoms with van der Waals surface area (Å²) in [5.41, 5.74) is 2.87. The van der Waals surface area contributed by atoms with Gasteiger partial charge in [0, 0.05) is 35.1 Å². The Labute approximate surface area is 165 Å². The SMILES string of the molecule is Cc1c2c(c(CC[C@@H]3C[C@@H](O)CC(=O)O3)c(C(C)C)c1[N+](=O)[O-])OC(C)(C)C2. The van der Waals surface area contributed by atoms with Crippen molar-refractivity contribution < 1.29 is 24.3 Å². The summed E-state index contributed by atoms with van der Waals surface area (Å²) in [5.74, 6) is 0.302. The number of nitro groups is 1. The first-order valence-corrected chi connectivity index (χ1v) is 9.89. The van der Waals surface area contributed by atoms with Crippen LogP contribution < -0.4 is 4.74 Å². The molecule has 1 aromatic carbocycles. The minimum Gasteiger partial charge on any atom is -0.487 e. The third kappa shape index (κ3) is 3.85. The number of carbonyl (C=O) groups is 1. The molecule has 1 aromatic rings. The summed E-state index contributed by atoms with van der Waals surface area (Å²) < 4.78 is 11.6. The maximum Gasteiger partial charge on any atom is 0.308 e. The van der Waals surface area contributed by atoms with Crippen LogP contribution in [0.15, 0.2) is 0 Å². The highest BCUT2D eigenvalue weighted by molar-refractivity contribution is 5.71. The van der Waals surface area contributed by atoms with Gasteiger partial charge in [0.25, 0.3) is 5.69 Å². The molecule has 2 atom stereocenters. The number of aliphatic hydroxyl groups excluding tert-OH is 1. The van der Waals surface area contributed by atoms with Crippen LogP contribution in [0.1, 0.15) is 75.1 Å². The minimum absolute atomic E-state index is 0.0243. The molecule has 0 spiro atoms. The number of fused-ring (bicyclic) bond motifs is 1. The summed E-state index contributed by atoms with van der Waals surface area (Å²) in [4.78, 5) is 23.3. The van der Waals surface area contributed by atoms with Gasteiger partial charge in [-0.1, -0.05) is 13.8 Å². The van der Waals surface area contributed by atoms with Crippen molar-refractivity contribution in [2.75, 3.05) is 0 Å². The highest BCUT2D eigenvalue weighted by Gasteiger charge is 2.39. The Morgan fingerprint density at radius 3 is 2.61 bits per heavy atom. The highest BCUT2D eigenvalue weighted by Crippen LogP contribution is 2.48. The Hall–Kier alpha value is -2.15. The number of carbonyl (C=O) groups excluding carboxylic acids is 1. The van der Waals surface area contributed by atoms with Gasteiger partial charge in [0.15, 0.2) is 0 Å². The summed E-state index contributed by atoms with van der Waals surface area (Å²) in [5, 5.41) is 21.8. The lowest BCUT2D eigenvalue weighted by Crippen LogP contribution is -2.33. The predicted molar refractivity (Wildman–Crippen MR) is 104 cm³/mol. The Kier molecular flexibility index (Phi) is 5.40. The van der Waals surface area contributed by atoms with E-state index in [0.717, 1.165) is 16.9 Å². The summed E-state index contributed by atoms with van der Waals surface area (Å²) in [6.45, 7) is 9.66. The molecule has 154 valence electrons. The normalized spacial score (nSPS) is 23.3. The molecule has 0 unspecified atom stereocenters. The highest BCUT2D eigenvalue weighted by atomic mass is 16.6. The Morgan fingerprint density at radius 1 is 1.36 bits per heavy atom. The van der Waals surface area contributed by atoms with Crippen LogP contribution in [0.3, 0.4) is 0 Å². The molecule has 0 amide bonds. The lowest BCUT2D eigenvalue weighted by atomic mass is 9.85. The second-order valence-electron chi connectivity index (χ2n) is 8.87. The molecule has 1 saturated heterocycles.